The van der Waals surface area contributed by atoms with E-state index in [1.54, 1.807) is 18.7 Å². The molecule has 2 atom stereocenters. The van der Waals surface area contributed by atoms with Crippen molar-refractivity contribution >= 4 is 11.8 Å². The molecule has 0 spiro atoms. The van der Waals surface area contributed by atoms with Crippen molar-refractivity contribution in [2.24, 2.45) is 5.73 Å². The van der Waals surface area contributed by atoms with Crippen molar-refractivity contribution < 1.29 is 9.59 Å². The van der Waals surface area contributed by atoms with Gasteiger partial charge in [-0.3, -0.25) is 9.59 Å². The van der Waals surface area contributed by atoms with Crippen LogP contribution < -0.4 is 5.73 Å². The maximum absolute atomic E-state index is 11.9. The Labute approximate surface area is 109 Å². The van der Waals surface area contributed by atoms with Crippen molar-refractivity contribution in [1.82, 2.24) is 9.80 Å². The third-order valence-corrected chi connectivity index (χ3v) is 3.41. The minimum absolute atomic E-state index is 0.0213. The topological polar surface area (TPSA) is 66.6 Å². The molecule has 1 rings (SSSR count). The molecule has 2 amide bonds. The largest absolute Gasteiger partial charge is 0.339 e. The van der Waals surface area contributed by atoms with Crippen LogP contribution in [0.5, 0.6) is 0 Å². The molecule has 1 fully saturated rings. The first-order valence-corrected chi connectivity index (χ1v) is 6.67. The van der Waals surface area contributed by atoms with Crippen LogP contribution in [0.25, 0.3) is 0 Å². The van der Waals surface area contributed by atoms with Crippen molar-refractivity contribution in [2.45, 2.75) is 58.7 Å². The first-order valence-electron chi connectivity index (χ1n) is 6.67. The summed E-state index contributed by atoms with van der Waals surface area (Å²) in [5.74, 6) is 0.0528. The number of likely N-dealkylation sites (tertiary alicyclic amines) is 1. The van der Waals surface area contributed by atoms with Crippen LogP contribution >= 0.6 is 0 Å². The molecule has 0 aromatic carbocycles. The van der Waals surface area contributed by atoms with Gasteiger partial charge in [-0.2, -0.15) is 0 Å². The van der Waals surface area contributed by atoms with Gasteiger partial charge in [0.15, 0.2) is 0 Å². The Bertz CT molecular complexity index is 315. The van der Waals surface area contributed by atoms with Crippen LogP contribution in [-0.4, -0.2) is 52.8 Å². The van der Waals surface area contributed by atoms with Crippen molar-refractivity contribution in [3.63, 3.8) is 0 Å². The fraction of sp³-hybridized carbons (Fsp3) is 0.846. The third kappa shape index (κ3) is 3.45. The zero-order chi connectivity index (χ0) is 13.9. The van der Waals surface area contributed by atoms with Gasteiger partial charge in [0, 0.05) is 32.1 Å². The molecule has 0 aromatic heterocycles. The number of hydrogen-bond acceptors (Lipinski definition) is 3. The molecular formula is C13H25N3O2. The lowest BCUT2D eigenvalue weighted by molar-refractivity contribution is -0.140. The second-order valence-electron chi connectivity index (χ2n) is 5.39. The number of amides is 2. The fourth-order valence-corrected chi connectivity index (χ4v) is 2.71. The highest BCUT2D eigenvalue weighted by atomic mass is 16.2. The summed E-state index contributed by atoms with van der Waals surface area (Å²) in [4.78, 5) is 27.3. The van der Waals surface area contributed by atoms with Crippen LogP contribution in [0.2, 0.25) is 0 Å². The molecule has 0 saturated carbocycles. The van der Waals surface area contributed by atoms with Crippen molar-refractivity contribution in [3.8, 4) is 0 Å². The standard InChI is InChI=1S/C13H25N3O2/c1-9(2)16(11(4)17)12-6-5-7-15(8-12)13(18)10(3)14/h9-10,12H,5-8,14H2,1-4H3/t10-,12?/m0/s1. The average Bonchev–Trinajstić information content (AvgIpc) is 2.27. The highest BCUT2D eigenvalue weighted by Crippen LogP contribution is 2.19. The van der Waals surface area contributed by atoms with E-state index in [1.807, 2.05) is 18.7 Å². The number of rotatable bonds is 3. The van der Waals surface area contributed by atoms with Gasteiger partial charge in [0.25, 0.3) is 0 Å². The average molecular weight is 255 g/mol. The number of piperidine rings is 1. The maximum Gasteiger partial charge on any atom is 0.239 e. The van der Waals surface area contributed by atoms with Gasteiger partial charge < -0.3 is 15.5 Å². The quantitative estimate of drug-likeness (QED) is 0.802. The summed E-state index contributed by atoms with van der Waals surface area (Å²) in [6.45, 7) is 8.67. The summed E-state index contributed by atoms with van der Waals surface area (Å²) in [6, 6.07) is -0.176. The molecule has 0 aromatic rings. The van der Waals surface area contributed by atoms with Gasteiger partial charge >= 0.3 is 0 Å². The molecule has 0 radical (unpaired) electrons. The molecule has 5 nitrogen and oxygen atoms in total. The van der Waals surface area contributed by atoms with Gasteiger partial charge in [-0.15, -0.1) is 0 Å². The van der Waals surface area contributed by atoms with E-state index in [9.17, 15) is 9.59 Å². The zero-order valence-electron chi connectivity index (χ0n) is 11.8. The van der Waals surface area contributed by atoms with Crippen LogP contribution in [0.15, 0.2) is 0 Å². The zero-order valence-corrected chi connectivity index (χ0v) is 11.8. The Kier molecular flexibility index (Phi) is 5.14. The van der Waals surface area contributed by atoms with Gasteiger partial charge in [0.05, 0.1) is 6.04 Å². The van der Waals surface area contributed by atoms with Crippen molar-refractivity contribution in [2.75, 3.05) is 13.1 Å². The number of hydrogen-bond donors (Lipinski definition) is 1. The number of nitrogens with two attached hydrogens (primary N) is 1. The predicted molar refractivity (Wildman–Crippen MR) is 70.9 cm³/mol. The van der Waals surface area contributed by atoms with Gasteiger partial charge in [0.2, 0.25) is 11.8 Å². The summed E-state index contributed by atoms with van der Waals surface area (Å²) >= 11 is 0. The summed E-state index contributed by atoms with van der Waals surface area (Å²) in [5.41, 5.74) is 5.64. The molecule has 1 unspecified atom stereocenters. The number of nitrogens with zero attached hydrogens (tertiary/aromatic N) is 2. The predicted octanol–water partition coefficient (Wildman–Crippen LogP) is 0.582. The summed E-state index contributed by atoms with van der Waals surface area (Å²) in [6.07, 6.45) is 1.89. The molecule has 1 heterocycles. The Morgan fingerprint density at radius 2 is 1.94 bits per heavy atom. The second kappa shape index (κ2) is 6.18. The Balaban J connectivity index is 2.73. The fourth-order valence-electron chi connectivity index (χ4n) is 2.71. The summed E-state index contributed by atoms with van der Waals surface area (Å²) < 4.78 is 0. The highest BCUT2D eigenvalue weighted by Gasteiger charge is 2.31. The molecule has 1 saturated heterocycles. The SMILES string of the molecule is CC(=O)N(C(C)C)C1CCCN(C(=O)[C@H](C)N)C1. The van der Waals surface area contributed by atoms with Gasteiger partial charge in [-0.1, -0.05) is 0 Å². The lowest BCUT2D eigenvalue weighted by Gasteiger charge is -2.41. The monoisotopic (exact) mass is 255 g/mol. The van der Waals surface area contributed by atoms with Crippen molar-refractivity contribution in [3.05, 3.63) is 0 Å². The molecule has 5 heteroatoms. The van der Waals surface area contributed by atoms with E-state index in [-0.39, 0.29) is 23.9 Å². The van der Waals surface area contributed by atoms with E-state index in [0.29, 0.717) is 6.54 Å². The van der Waals surface area contributed by atoms with Crippen LogP contribution in [0.3, 0.4) is 0 Å². The first-order chi connectivity index (χ1) is 8.34. The van der Waals surface area contributed by atoms with Crippen LogP contribution in [0.1, 0.15) is 40.5 Å². The Morgan fingerprint density at radius 3 is 2.39 bits per heavy atom. The first kappa shape index (κ1) is 15.0. The molecule has 0 aliphatic carbocycles. The van der Waals surface area contributed by atoms with E-state index in [4.69, 9.17) is 5.73 Å². The lowest BCUT2D eigenvalue weighted by atomic mass is 10.0. The minimum Gasteiger partial charge on any atom is -0.339 e. The minimum atomic E-state index is -0.464. The second-order valence-corrected chi connectivity index (χ2v) is 5.39. The molecule has 104 valence electrons. The smallest absolute Gasteiger partial charge is 0.239 e. The van der Waals surface area contributed by atoms with Crippen molar-refractivity contribution in [1.29, 1.82) is 0 Å². The van der Waals surface area contributed by atoms with Crippen LogP contribution in [-0.2, 0) is 9.59 Å². The Morgan fingerprint density at radius 1 is 1.33 bits per heavy atom. The van der Waals surface area contributed by atoms with E-state index in [0.717, 1.165) is 19.4 Å². The van der Waals surface area contributed by atoms with E-state index >= 15 is 0 Å². The number of carbonyl (C=O) groups excluding carboxylic acids is 2. The lowest BCUT2D eigenvalue weighted by Crippen LogP contribution is -2.55. The van der Waals surface area contributed by atoms with E-state index in [2.05, 4.69) is 0 Å². The molecule has 1 aliphatic heterocycles. The van der Waals surface area contributed by atoms with Crippen LogP contribution in [0.4, 0.5) is 0 Å². The van der Waals surface area contributed by atoms with E-state index < -0.39 is 6.04 Å². The summed E-state index contributed by atoms with van der Waals surface area (Å²) in [5, 5.41) is 0. The third-order valence-electron chi connectivity index (χ3n) is 3.41. The van der Waals surface area contributed by atoms with Gasteiger partial charge in [-0.25, -0.2) is 0 Å². The normalized spacial score (nSPS) is 21.9. The molecule has 18 heavy (non-hydrogen) atoms. The van der Waals surface area contributed by atoms with Gasteiger partial charge in [-0.05, 0) is 33.6 Å². The summed E-state index contributed by atoms with van der Waals surface area (Å²) in [7, 11) is 0. The highest BCUT2D eigenvalue weighted by molar-refractivity contribution is 5.81. The molecular weight excluding hydrogens is 230 g/mol. The van der Waals surface area contributed by atoms with Crippen LogP contribution in [0, 0.1) is 0 Å². The molecule has 0 bridgehead atoms. The molecule has 1 aliphatic rings. The maximum atomic E-state index is 11.9. The number of carbonyl (C=O) groups is 2. The van der Waals surface area contributed by atoms with Gasteiger partial charge in [0.1, 0.15) is 0 Å². The Hall–Kier alpha value is -1.10. The molecule has 2 N–H and O–H groups in total. The van der Waals surface area contributed by atoms with E-state index in [1.165, 1.54) is 0 Å².